The monoisotopic (exact) mass is 615 g/mol. The van der Waals surface area contributed by atoms with Gasteiger partial charge in [-0.3, -0.25) is 0 Å². The minimum absolute atomic E-state index is 0.224. The van der Waals surface area contributed by atoms with E-state index in [0.717, 1.165) is 57.9 Å². The average molecular weight is 616 g/mol. The molecule has 0 saturated carbocycles. The molecule has 6 bridgehead atoms. The van der Waals surface area contributed by atoms with E-state index in [1.165, 1.54) is 0 Å². The third-order valence-corrected chi connectivity index (χ3v) is 8.51. The number of rotatable bonds is 3. The number of ether oxygens (including phenoxy) is 3. The minimum atomic E-state index is -1.26. The van der Waals surface area contributed by atoms with Gasteiger partial charge in [0.2, 0.25) is 0 Å². The zero-order valence-electron chi connectivity index (χ0n) is 26.5. The van der Waals surface area contributed by atoms with Crippen LogP contribution in [-0.4, -0.2) is 44.5 Å². The Balaban J connectivity index is 1.51. The van der Waals surface area contributed by atoms with Crippen LogP contribution in [0.4, 0.5) is 0 Å². The number of aromatic nitrogens is 3. The van der Waals surface area contributed by atoms with E-state index >= 15 is 0 Å². The average Bonchev–Trinajstić information content (AvgIpc) is 3.46. The molecular formula is C38H37N3O5. The molecular weight excluding hydrogens is 578 g/mol. The number of hydrogen-bond donors (Lipinski definition) is 1. The maximum absolute atomic E-state index is 12.9. The van der Waals surface area contributed by atoms with Gasteiger partial charge in [0, 0.05) is 34.0 Å². The molecule has 0 saturated heterocycles. The molecule has 0 unspecified atom stereocenters. The second-order valence-electron chi connectivity index (χ2n) is 12.9. The Morgan fingerprint density at radius 3 is 2.61 bits per heavy atom. The summed E-state index contributed by atoms with van der Waals surface area (Å²) in [5, 5.41) is 15.6. The van der Waals surface area contributed by atoms with Gasteiger partial charge in [-0.1, -0.05) is 48.6 Å². The van der Waals surface area contributed by atoms with Gasteiger partial charge in [-0.25, -0.2) is 14.3 Å². The van der Waals surface area contributed by atoms with Crippen molar-refractivity contribution >= 4 is 11.6 Å². The highest BCUT2D eigenvalue weighted by molar-refractivity contribution is 5.82. The molecule has 1 N–H and O–H groups in total. The smallest absolute Gasteiger partial charge is 0.337 e. The van der Waals surface area contributed by atoms with Gasteiger partial charge in [-0.2, -0.15) is 5.10 Å². The van der Waals surface area contributed by atoms with E-state index in [1.54, 1.807) is 4.52 Å². The first-order chi connectivity index (χ1) is 22.2. The van der Waals surface area contributed by atoms with Crippen LogP contribution in [0.5, 0.6) is 11.5 Å². The molecule has 8 heteroatoms. The molecule has 4 heterocycles. The Kier molecular flexibility index (Phi) is 7.61. The van der Waals surface area contributed by atoms with Crippen molar-refractivity contribution < 1.29 is 24.1 Å². The predicted octanol–water partition coefficient (Wildman–Crippen LogP) is 8.18. The van der Waals surface area contributed by atoms with Crippen molar-refractivity contribution in [1.82, 2.24) is 14.6 Å². The topological polar surface area (TPSA) is 95.2 Å². The van der Waals surface area contributed by atoms with E-state index in [-0.39, 0.29) is 5.92 Å². The van der Waals surface area contributed by atoms with Crippen LogP contribution in [0.15, 0.2) is 84.9 Å². The van der Waals surface area contributed by atoms with Crippen LogP contribution in [0.2, 0.25) is 0 Å². The molecule has 0 radical (unpaired) electrons. The highest BCUT2D eigenvalue weighted by atomic mass is 16.5. The fourth-order valence-electron chi connectivity index (χ4n) is 6.45. The quantitative estimate of drug-likeness (QED) is 0.205. The number of nitrogens with zero attached hydrogens (tertiary/aromatic N) is 3. The minimum Gasteiger partial charge on any atom is -0.493 e. The third kappa shape index (κ3) is 5.65. The van der Waals surface area contributed by atoms with E-state index in [9.17, 15) is 9.90 Å². The number of para-hydroxylation sites is 1. The molecule has 8 nitrogen and oxygen atoms in total. The zero-order valence-corrected chi connectivity index (χ0v) is 26.5. The number of allylic oxidation sites excluding steroid dienone is 1. The summed E-state index contributed by atoms with van der Waals surface area (Å²) in [6.07, 6.45) is 4.68. The molecule has 7 rings (SSSR count). The molecule has 234 valence electrons. The van der Waals surface area contributed by atoms with Crippen LogP contribution in [0.3, 0.4) is 0 Å². The fraction of sp³-hybridized carbons (Fsp3) is 0.289. The first-order valence-electron chi connectivity index (χ1n) is 15.7. The molecule has 0 fully saturated rings. The maximum atomic E-state index is 12.9. The van der Waals surface area contributed by atoms with Crippen molar-refractivity contribution in [3.05, 3.63) is 102 Å². The number of fused-ring (bicyclic) bond motifs is 8. The van der Waals surface area contributed by atoms with E-state index in [2.05, 4.69) is 36.4 Å². The summed E-state index contributed by atoms with van der Waals surface area (Å²) in [4.78, 5) is 17.8. The summed E-state index contributed by atoms with van der Waals surface area (Å²) in [6, 6.07) is 24.3. The summed E-state index contributed by atoms with van der Waals surface area (Å²) >= 11 is 0. The molecule has 2 aromatic heterocycles. The first-order valence-corrected chi connectivity index (χ1v) is 15.7. The highest BCUT2D eigenvalue weighted by Gasteiger charge is 2.34. The van der Waals surface area contributed by atoms with E-state index in [4.69, 9.17) is 24.3 Å². The summed E-state index contributed by atoms with van der Waals surface area (Å²) < 4.78 is 20.3. The van der Waals surface area contributed by atoms with Gasteiger partial charge < -0.3 is 19.3 Å². The van der Waals surface area contributed by atoms with Gasteiger partial charge in [0.25, 0.3) is 0 Å². The molecule has 2 aliphatic rings. The third-order valence-electron chi connectivity index (χ3n) is 8.51. The largest absolute Gasteiger partial charge is 0.493 e. The molecule has 2 atom stereocenters. The Hall–Kier alpha value is -4.95. The lowest BCUT2D eigenvalue weighted by Gasteiger charge is -2.28. The van der Waals surface area contributed by atoms with Crippen molar-refractivity contribution in [2.45, 2.75) is 58.2 Å². The number of carboxylic acid groups (broad SMARTS) is 1. The van der Waals surface area contributed by atoms with E-state index < -0.39 is 17.7 Å². The van der Waals surface area contributed by atoms with Gasteiger partial charge >= 0.3 is 5.97 Å². The lowest BCUT2D eigenvalue weighted by Crippen LogP contribution is -2.29. The second-order valence-corrected chi connectivity index (χ2v) is 12.9. The number of carboxylic acids is 1. The van der Waals surface area contributed by atoms with Crippen LogP contribution < -0.4 is 9.47 Å². The summed E-state index contributed by atoms with van der Waals surface area (Å²) in [5.74, 6) is 0.793. The Bertz CT molecular complexity index is 1990. The second kappa shape index (κ2) is 11.8. The van der Waals surface area contributed by atoms with E-state index in [0.29, 0.717) is 35.8 Å². The molecule has 46 heavy (non-hydrogen) atoms. The first kappa shape index (κ1) is 29.7. The molecule has 2 aliphatic heterocycles. The number of aryl methyl sites for hydroxylation is 1. The lowest BCUT2D eigenvalue weighted by molar-refractivity contribution is -0.160. The van der Waals surface area contributed by atoms with Crippen LogP contribution in [0, 0.1) is 6.92 Å². The van der Waals surface area contributed by atoms with Gasteiger partial charge in [0.05, 0.1) is 23.6 Å². The molecule has 0 aliphatic carbocycles. The van der Waals surface area contributed by atoms with Gasteiger partial charge in [-0.15, -0.1) is 0 Å². The summed E-state index contributed by atoms with van der Waals surface area (Å²) in [7, 11) is 0. The standard InChI is InChI=1S/C38H37N3O5/c1-23-34(36(37(42)43)46-38(2,3)4)35-27-15-16-32-29(21-27)24(17-19-45-32)10-7-8-18-44-31-14-6-5-13-28(31)25-11-9-12-26(20-25)30-22-33(39-23)41(35)40-30/h5-9,11-16,20-22,24,36H,10,17-19H2,1-4H3,(H,42,43)/t24-,36-/m0/s1. The van der Waals surface area contributed by atoms with Gasteiger partial charge in [0.1, 0.15) is 18.1 Å². The zero-order chi connectivity index (χ0) is 32.0. The van der Waals surface area contributed by atoms with Crippen molar-refractivity contribution in [2.24, 2.45) is 0 Å². The molecule has 0 spiro atoms. The Labute approximate surface area is 268 Å². The van der Waals surface area contributed by atoms with Crippen LogP contribution >= 0.6 is 0 Å². The molecule has 0 amide bonds. The fourth-order valence-corrected chi connectivity index (χ4v) is 6.45. The van der Waals surface area contributed by atoms with Crippen LogP contribution in [-0.2, 0) is 9.53 Å². The Morgan fingerprint density at radius 2 is 1.78 bits per heavy atom. The maximum Gasteiger partial charge on any atom is 0.337 e. The van der Waals surface area contributed by atoms with Crippen LogP contribution in [0.1, 0.15) is 62.5 Å². The van der Waals surface area contributed by atoms with Crippen molar-refractivity contribution in [3.8, 4) is 45.1 Å². The van der Waals surface area contributed by atoms with Crippen molar-refractivity contribution in [1.29, 1.82) is 0 Å². The normalized spacial score (nSPS) is 16.6. The van der Waals surface area contributed by atoms with Crippen molar-refractivity contribution in [2.75, 3.05) is 13.2 Å². The SMILES string of the molecule is Cc1nc2cc3nn2c(c1[C@H](OC(C)(C)C)C(=O)O)-c1ccc2c(c1)[C@@H](CC=CCOc1ccccc1-c1cccc-3c1)CCO2. The highest BCUT2D eigenvalue weighted by Crippen LogP contribution is 2.42. The molecule has 5 aromatic rings. The number of aliphatic carboxylic acids is 1. The van der Waals surface area contributed by atoms with Gasteiger partial charge in [-0.05, 0) is 87.9 Å². The number of carbonyl (C=O) groups is 1. The summed E-state index contributed by atoms with van der Waals surface area (Å²) in [6.45, 7) is 8.51. The summed E-state index contributed by atoms with van der Waals surface area (Å²) in [5.41, 5.74) is 7.13. The number of hydrogen-bond acceptors (Lipinski definition) is 6. The Morgan fingerprint density at radius 1 is 0.957 bits per heavy atom. The van der Waals surface area contributed by atoms with E-state index in [1.807, 2.05) is 76.2 Å². The predicted molar refractivity (Wildman–Crippen MR) is 177 cm³/mol. The number of benzene rings is 3. The van der Waals surface area contributed by atoms with Crippen LogP contribution in [0.25, 0.3) is 39.3 Å². The molecule has 3 aromatic carbocycles. The van der Waals surface area contributed by atoms with Gasteiger partial charge in [0.15, 0.2) is 11.8 Å². The lowest BCUT2D eigenvalue weighted by atomic mass is 9.87. The van der Waals surface area contributed by atoms with Crippen molar-refractivity contribution in [3.63, 3.8) is 0 Å².